The number of benzene rings is 1. The van der Waals surface area contributed by atoms with Crippen molar-refractivity contribution in [2.75, 3.05) is 31.6 Å². The maximum absolute atomic E-state index is 12.4. The minimum absolute atomic E-state index is 0.197. The normalized spacial score (nSPS) is 20.0. The second kappa shape index (κ2) is 8.31. The Morgan fingerprint density at radius 3 is 2.41 bits per heavy atom. The number of fused-ring (bicyclic) bond motifs is 1. The van der Waals surface area contributed by atoms with Crippen LogP contribution in [0, 0.1) is 11.8 Å². The van der Waals surface area contributed by atoms with Crippen molar-refractivity contribution in [3.63, 3.8) is 0 Å². The highest BCUT2D eigenvalue weighted by molar-refractivity contribution is 5.95. The van der Waals surface area contributed by atoms with E-state index in [1.54, 1.807) is 25.1 Å². The van der Waals surface area contributed by atoms with Gasteiger partial charge in [-0.2, -0.15) is 0 Å². The molecule has 8 heteroatoms. The molecule has 2 fully saturated rings. The van der Waals surface area contributed by atoms with Crippen molar-refractivity contribution in [1.82, 2.24) is 4.90 Å². The van der Waals surface area contributed by atoms with Gasteiger partial charge in [0.25, 0.3) is 5.91 Å². The molecule has 1 aliphatic carbocycles. The van der Waals surface area contributed by atoms with Crippen LogP contribution in [0.1, 0.15) is 32.6 Å². The molecule has 2 aliphatic heterocycles. The summed E-state index contributed by atoms with van der Waals surface area (Å²) < 4.78 is 16.3. The Kier molecular flexibility index (Phi) is 5.60. The van der Waals surface area contributed by atoms with E-state index in [4.69, 9.17) is 14.2 Å². The monoisotopic (exact) mass is 402 g/mol. The second-order valence-corrected chi connectivity index (χ2v) is 7.80. The van der Waals surface area contributed by atoms with Crippen molar-refractivity contribution in [2.24, 2.45) is 11.8 Å². The zero-order valence-corrected chi connectivity index (χ0v) is 16.5. The molecule has 0 aromatic heterocycles. The lowest BCUT2D eigenvalue weighted by Gasteiger charge is -2.31. The number of carbonyl (C=O) groups excluding carboxylic acids is 3. The van der Waals surface area contributed by atoms with E-state index in [9.17, 15) is 14.4 Å². The lowest BCUT2D eigenvalue weighted by molar-refractivity contribution is -0.159. The summed E-state index contributed by atoms with van der Waals surface area (Å²) in [5.74, 6) is 0.561. The first-order valence-corrected chi connectivity index (χ1v) is 10.2. The number of hydrogen-bond donors (Lipinski definition) is 1. The highest BCUT2D eigenvalue weighted by atomic mass is 16.6. The van der Waals surface area contributed by atoms with E-state index in [2.05, 4.69) is 5.32 Å². The van der Waals surface area contributed by atoms with Crippen molar-refractivity contribution in [3.8, 4) is 11.5 Å². The third-order valence-electron chi connectivity index (χ3n) is 5.54. The van der Waals surface area contributed by atoms with Gasteiger partial charge in [0.2, 0.25) is 5.91 Å². The summed E-state index contributed by atoms with van der Waals surface area (Å²) in [6.45, 7) is 3.67. The summed E-state index contributed by atoms with van der Waals surface area (Å²) in [4.78, 5) is 38.8. The number of nitrogens with zero attached hydrogens (tertiary/aromatic N) is 1. The Morgan fingerprint density at radius 2 is 1.72 bits per heavy atom. The number of esters is 1. The summed E-state index contributed by atoms with van der Waals surface area (Å²) in [6, 6.07) is 5.14. The molecule has 156 valence electrons. The number of ether oxygens (including phenoxy) is 3. The van der Waals surface area contributed by atoms with E-state index in [1.165, 1.54) is 0 Å². The molecule has 29 heavy (non-hydrogen) atoms. The van der Waals surface area contributed by atoms with Gasteiger partial charge in [-0.1, -0.05) is 0 Å². The smallest absolute Gasteiger partial charge is 0.309 e. The van der Waals surface area contributed by atoms with Crippen molar-refractivity contribution in [2.45, 2.75) is 38.7 Å². The average Bonchev–Trinajstić information content (AvgIpc) is 3.58. The molecular formula is C21H26N2O6. The van der Waals surface area contributed by atoms with Crippen LogP contribution in [0.2, 0.25) is 0 Å². The van der Waals surface area contributed by atoms with Gasteiger partial charge < -0.3 is 24.4 Å². The van der Waals surface area contributed by atoms with Crippen LogP contribution < -0.4 is 14.8 Å². The molecular weight excluding hydrogens is 376 g/mol. The standard InChI is InChI=1S/C21H26N2O6/c1-13(19(24)22-16-4-5-17-18(12-16)28-11-10-27-17)29-21(26)15-6-8-23(9-7-15)20(25)14-2-3-14/h4-5,12-15H,2-3,6-11H2,1H3,(H,22,24). The van der Waals surface area contributed by atoms with E-state index in [0.717, 1.165) is 12.8 Å². The highest BCUT2D eigenvalue weighted by Crippen LogP contribution is 2.33. The molecule has 1 aromatic carbocycles. The summed E-state index contributed by atoms with van der Waals surface area (Å²) in [7, 11) is 0. The van der Waals surface area contributed by atoms with Gasteiger partial charge >= 0.3 is 5.97 Å². The Labute approximate surface area is 169 Å². The van der Waals surface area contributed by atoms with Crippen LogP contribution in [0.25, 0.3) is 0 Å². The van der Waals surface area contributed by atoms with Gasteiger partial charge in [0, 0.05) is 30.8 Å². The molecule has 8 nitrogen and oxygen atoms in total. The van der Waals surface area contributed by atoms with Crippen molar-refractivity contribution in [1.29, 1.82) is 0 Å². The van der Waals surface area contributed by atoms with Crippen LogP contribution in [-0.4, -0.2) is 55.1 Å². The number of hydrogen-bond acceptors (Lipinski definition) is 6. The molecule has 1 N–H and O–H groups in total. The van der Waals surface area contributed by atoms with Gasteiger partial charge in [-0.3, -0.25) is 14.4 Å². The number of carbonyl (C=O) groups is 3. The zero-order valence-electron chi connectivity index (χ0n) is 16.5. The van der Waals surface area contributed by atoms with Crippen LogP contribution in [0.15, 0.2) is 18.2 Å². The van der Waals surface area contributed by atoms with Crippen LogP contribution in [0.5, 0.6) is 11.5 Å². The fourth-order valence-corrected chi connectivity index (χ4v) is 3.61. The van der Waals surface area contributed by atoms with Gasteiger partial charge in [0.05, 0.1) is 5.92 Å². The minimum atomic E-state index is -0.915. The van der Waals surface area contributed by atoms with Gasteiger partial charge in [0.1, 0.15) is 13.2 Å². The predicted octanol–water partition coefficient (Wildman–Crippen LogP) is 1.98. The van der Waals surface area contributed by atoms with E-state index in [1.807, 2.05) is 4.90 Å². The number of nitrogens with one attached hydrogen (secondary N) is 1. The topological polar surface area (TPSA) is 94.2 Å². The number of likely N-dealkylation sites (tertiary alicyclic amines) is 1. The van der Waals surface area contributed by atoms with Crippen molar-refractivity contribution >= 4 is 23.5 Å². The molecule has 1 saturated carbocycles. The summed E-state index contributed by atoms with van der Waals surface area (Å²) in [6.07, 6.45) is 2.21. The average molecular weight is 402 g/mol. The molecule has 1 saturated heterocycles. The number of anilines is 1. The molecule has 0 bridgehead atoms. The molecule has 1 unspecified atom stereocenters. The first-order valence-electron chi connectivity index (χ1n) is 10.2. The van der Waals surface area contributed by atoms with Crippen LogP contribution in [0.4, 0.5) is 5.69 Å². The first kappa shape index (κ1) is 19.5. The Morgan fingerprint density at radius 1 is 1.03 bits per heavy atom. The van der Waals surface area contributed by atoms with Gasteiger partial charge in [-0.15, -0.1) is 0 Å². The van der Waals surface area contributed by atoms with Gasteiger partial charge in [-0.25, -0.2) is 0 Å². The maximum atomic E-state index is 12.4. The quantitative estimate of drug-likeness (QED) is 0.757. The number of piperidine rings is 1. The molecule has 0 spiro atoms. The van der Waals surface area contributed by atoms with Crippen LogP contribution >= 0.6 is 0 Å². The van der Waals surface area contributed by atoms with E-state index < -0.39 is 12.0 Å². The Bertz CT molecular complexity index is 798. The Balaban J connectivity index is 1.25. The fourth-order valence-electron chi connectivity index (χ4n) is 3.61. The molecule has 3 aliphatic rings. The third kappa shape index (κ3) is 4.63. The van der Waals surface area contributed by atoms with Crippen molar-refractivity contribution < 1.29 is 28.6 Å². The summed E-state index contributed by atoms with van der Waals surface area (Å²) in [5, 5.41) is 2.74. The van der Waals surface area contributed by atoms with E-state index >= 15 is 0 Å². The molecule has 4 rings (SSSR count). The van der Waals surface area contributed by atoms with Gasteiger partial charge in [0.15, 0.2) is 17.6 Å². The SMILES string of the molecule is CC(OC(=O)C1CCN(C(=O)C2CC2)CC1)C(=O)Nc1ccc2c(c1)OCCO2. The predicted molar refractivity (Wildman–Crippen MR) is 104 cm³/mol. The molecule has 2 amide bonds. The first-order chi connectivity index (χ1) is 14.0. The highest BCUT2D eigenvalue weighted by Gasteiger charge is 2.36. The molecule has 2 heterocycles. The Hall–Kier alpha value is -2.77. The number of rotatable bonds is 5. The van der Waals surface area contributed by atoms with E-state index in [-0.39, 0.29) is 23.7 Å². The van der Waals surface area contributed by atoms with Crippen LogP contribution in [0.3, 0.4) is 0 Å². The van der Waals surface area contributed by atoms with Crippen LogP contribution in [-0.2, 0) is 19.1 Å². The summed E-state index contributed by atoms with van der Waals surface area (Å²) >= 11 is 0. The fraction of sp³-hybridized carbons (Fsp3) is 0.571. The molecule has 0 radical (unpaired) electrons. The minimum Gasteiger partial charge on any atom is -0.486 e. The lowest BCUT2D eigenvalue weighted by Crippen LogP contribution is -2.42. The largest absolute Gasteiger partial charge is 0.486 e. The number of amides is 2. The zero-order chi connectivity index (χ0) is 20.4. The third-order valence-corrected chi connectivity index (χ3v) is 5.54. The maximum Gasteiger partial charge on any atom is 0.309 e. The molecule has 1 aromatic rings. The second-order valence-electron chi connectivity index (χ2n) is 7.80. The van der Waals surface area contributed by atoms with Gasteiger partial charge in [-0.05, 0) is 44.7 Å². The lowest BCUT2D eigenvalue weighted by atomic mass is 9.96. The molecule has 1 atom stereocenters. The summed E-state index contributed by atoms with van der Waals surface area (Å²) in [5.41, 5.74) is 0.550. The van der Waals surface area contributed by atoms with Crippen molar-refractivity contribution in [3.05, 3.63) is 18.2 Å². The van der Waals surface area contributed by atoms with E-state index in [0.29, 0.717) is 56.3 Å².